The van der Waals surface area contributed by atoms with E-state index in [0.29, 0.717) is 0 Å². The Hall–Kier alpha value is 0.280. The SMILES string of the molecule is CCCCCCc1cc(Cl)sc1Cl. The molecule has 0 aliphatic rings. The predicted molar refractivity (Wildman–Crippen MR) is 62.2 cm³/mol. The predicted octanol–water partition coefficient (Wildman–Crippen LogP) is 5.18. The molecule has 0 N–H and O–H groups in total. The van der Waals surface area contributed by atoms with Crippen LogP contribution < -0.4 is 0 Å². The summed E-state index contributed by atoms with van der Waals surface area (Å²) in [6, 6.07) is 1.99. The largest absolute Gasteiger partial charge is 0.111 e. The van der Waals surface area contributed by atoms with Gasteiger partial charge in [-0.2, -0.15) is 0 Å². The highest BCUT2D eigenvalue weighted by molar-refractivity contribution is 7.20. The Kier molecular flexibility index (Phi) is 5.15. The Morgan fingerprint density at radius 1 is 1.23 bits per heavy atom. The van der Waals surface area contributed by atoms with Gasteiger partial charge in [-0.25, -0.2) is 0 Å². The number of thiophene rings is 1. The summed E-state index contributed by atoms with van der Waals surface area (Å²) in [5.41, 5.74) is 1.22. The van der Waals surface area contributed by atoms with E-state index in [0.717, 1.165) is 15.1 Å². The van der Waals surface area contributed by atoms with Crippen LogP contribution in [0.5, 0.6) is 0 Å². The van der Waals surface area contributed by atoms with Gasteiger partial charge in [0.15, 0.2) is 0 Å². The van der Waals surface area contributed by atoms with E-state index in [2.05, 4.69) is 6.92 Å². The molecule has 74 valence electrons. The van der Waals surface area contributed by atoms with Gasteiger partial charge in [0.1, 0.15) is 0 Å². The van der Waals surface area contributed by atoms with Crippen molar-refractivity contribution >= 4 is 34.5 Å². The molecule has 1 heterocycles. The molecule has 1 rings (SSSR count). The first-order valence-corrected chi connectivity index (χ1v) is 6.25. The van der Waals surface area contributed by atoms with E-state index in [1.807, 2.05) is 6.07 Å². The van der Waals surface area contributed by atoms with Crippen molar-refractivity contribution in [1.29, 1.82) is 0 Å². The maximum Gasteiger partial charge on any atom is 0.0976 e. The van der Waals surface area contributed by atoms with Crippen molar-refractivity contribution in [3.63, 3.8) is 0 Å². The van der Waals surface area contributed by atoms with Gasteiger partial charge >= 0.3 is 0 Å². The van der Waals surface area contributed by atoms with Gasteiger partial charge in [-0.05, 0) is 24.5 Å². The zero-order valence-corrected chi connectivity index (χ0v) is 10.1. The zero-order valence-electron chi connectivity index (χ0n) is 7.78. The van der Waals surface area contributed by atoms with Gasteiger partial charge in [-0.15, -0.1) is 11.3 Å². The Morgan fingerprint density at radius 2 is 2.00 bits per heavy atom. The topological polar surface area (TPSA) is 0 Å². The van der Waals surface area contributed by atoms with E-state index in [4.69, 9.17) is 23.2 Å². The minimum Gasteiger partial charge on any atom is -0.111 e. The van der Waals surface area contributed by atoms with E-state index >= 15 is 0 Å². The molecule has 0 fully saturated rings. The molecule has 3 heteroatoms. The highest BCUT2D eigenvalue weighted by Crippen LogP contribution is 2.32. The molecule has 1 aromatic heterocycles. The van der Waals surface area contributed by atoms with Crippen LogP contribution in [0, 0.1) is 0 Å². The summed E-state index contributed by atoms with van der Waals surface area (Å²) in [6.07, 6.45) is 6.18. The number of rotatable bonds is 5. The number of hydrogen-bond donors (Lipinski definition) is 0. The van der Waals surface area contributed by atoms with Crippen LogP contribution in [0.3, 0.4) is 0 Å². The number of hydrogen-bond acceptors (Lipinski definition) is 1. The fraction of sp³-hybridized carbons (Fsp3) is 0.600. The lowest BCUT2D eigenvalue weighted by Crippen LogP contribution is -1.83. The number of halogens is 2. The normalized spacial score (nSPS) is 10.7. The van der Waals surface area contributed by atoms with Crippen LogP contribution in [0.1, 0.15) is 38.2 Å². The third-order valence-electron chi connectivity index (χ3n) is 2.03. The molecule has 0 atom stereocenters. The average molecular weight is 237 g/mol. The van der Waals surface area contributed by atoms with Crippen molar-refractivity contribution in [2.75, 3.05) is 0 Å². The summed E-state index contributed by atoms with van der Waals surface area (Å²) in [4.78, 5) is 0. The van der Waals surface area contributed by atoms with E-state index in [9.17, 15) is 0 Å². The summed E-state index contributed by atoms with van der Waals surface area (Å²) >= 11 is 13.3. The first-order chi connectivity index (χ1) is 6.24. The summed E-state index contributed by atoms with van der Waals surface area (Å²) < 4.78 is 1.66. The third-order valence-corrected chi connectivity index (χ3v) is 3.60. The molecule has 0 aromatic carbocycles. The molecular formula is C10H14Cl2S. The first-order valence-electron chi connectivity index (χ1n) is 4.67. The van der Waals surface area contributed by atoms with Crippen molar-refractivity contribution in [2.24, 2.45) is 0 Å². The standard InChI is InChI=1S/C10H14Cl2S/c1-2-3-4-5-6-8-7-9(11)13-10(8)12/h7H,2-6H2,1H3. The molecule has 13 heavy (non-hydrogen) atoms. The van der Waals surface area contributed by atoms with E-state index in [1.165, 1.54) is 42.6 Å². The Morgan fingerprint density at radius 3 is 2.54 bits per heavy atom. The van der Waals surface area contributed by atoms with Crippen LogP contribution in [0.2, 0.25) is 8.67 Å². The summed E-state index contributed by atoms with van der Waals surface area (Å²) in [5, 5.41) is 0. The van der Waals surface area contributed by atoms with Crippen LogP contribution in [0.25, 0.3) is 0 Å². The quantitative estimate of drug-likeness (QED) is 0.619. The summed E-state index contributed by atoms with van der Waals surface area (Å²) in [5.74, 6) is 0. The molecule has 0 aliphatic heterocycles. The lowest BCUT2D eigenvalue weighted by atomic mass is 10.1. The highest BCUT2D eigenvalue weighted by Gasteiger charge is 2.04. The Balaban J connectivity index is 2.32. The van der Waals surface area contributed by atoms with E-state index in [1.54, 1.807) is 0 Å². The molecular weight excluding hydrogens is 223 g/mol. The molecule has 0 amide bonds. The molecule has 0 aliphatic carbocycles. The molecule has 1 aromatic rings. The fourth-order valence-corrected chi connectivity index (χ4v) is 2.83. The second-order valence-corrected chi connectivity index (χ2v) is 5.45. The maximum atomic E-state index is 5.99. The molecule has 0 nitrogen and oxygen atoms in total. The van der Waals surface area contributed by atoms with E-state index in [-0.39, 0.29) is 0 Å². The van der Waals surface area contributed by atoms with Crippen LogP contribution >= 0.6 is 34.5 Å². The summed E-state index contributed by atoms with van der Waals surface area (Å²) in [6.45, 7) is 2.22. The van der Waals surface area contributed by atoms with Crippen LogP contribution in [-0.4, -0.2) is 0 Å². The second kappa shape index (κ2) is 5.90. The molecule has 0 radical (unpaired) electrons. The smallest absolute Gasteiger partial charge is 0.0976 e. The van der Waals surface area contributed by atoms with Crippen LogP contribution in [0.4, 0.5) is 0 Å². The first kappa shape index (κ1) is 11.4. The van der Waals surface area contributed by atoms with Gasteiger partial charge in [0.25, 0.3) is 0 Å². The second-order valence-electron chi connectivity index (χ2n) is 3.16. The van der Waals surface area contributed by atoms with Crippen molar-refractivity contribution < 1.29 is 0 Å². The van der Waals surface area contributed by atoms with Gasteiger partial charge in [-0.1, -0.05) is 49.4 Å². The minimum absolute atomic E-state index is 0.801. The Bertz CT molecular complexity index is 255. The number of unbranched alkanes of at least 4 members (excludes halogenated alkanes) is 3. The van der Waals surface area contributed by atoms with Crippen molar-refractivity contribution in [3.8, 4) is 0 Å². The molecule has 0 bridgehead atoms. The van der Waals surface area contributed by atoms with Crippen molar-refractivity contribution in [2.45, 2.75) is 39.0 Å². The van der Waals surface area contributed by atoms with Gasteiger partial charge < -0.3 is 0 Å². The molecule has 0 spiro atoms. The van der Waals surface area contributed by atoms with Gasteiger partial charge in [0, 0.05) is 0 Å². The lowest BCUT2D eigenvalue weighted by Gasteiger charge is -1.97. The summed E-state index contributed by atoms with van der Waals surface area (Å²) in [7, 11) is 0. The average Bonchev–Trinajstić information content (AvgIpc) is 2.39. The molecule has 0 unspecified atom stereocenters. The Labute approximate surface area is 93.9 Å². The van der Waals surface area contributed by atoms with Gasteiger partial charge in [-0.3, -0.25) is 0 Å². The van der Waals surface area contributed by atoms with Crippen molar-refractivity contribution in [1.82, 2.24) is 0 Å². The third kappa shape index (κ3) is 3.88. The van der Waals surface area contributed by atoms with Crippen LogP contribution in [0.15, 0.2) is 6.07 Å². The highest BCUT2D eigenvalue weighted by atomic mass is 35.5. The number of aryl methyl sites for hydroxylation is 1. The zero-order chi connectivity index (χ0) is 9.68. The van der Waals surface area contributed by atoms with Gasteiger partial charge in [0.2, 0.25) is 0 Å². The minimum atomic E-state index is 0.801. The van der Waals surface area contributed by atoms with Crippen molar-refractivity contribution in [3.05, 3.63) is 20.3 Å². The molecule has 0 saturated carbocycles. The van der Waals surface area contributed by atoms with Crippen LogP contribution in [-0.2, 0) is 6.42 Å². The fourth-order valence-electron chi connectivity index (χ4n) is 1.29. The lowest BCUT2D eigenvalue weighted by molar-refractivity contribution is 0.667. The maximum absolute atomic E-state index is 5.99. The van der Waals surface area contributed by atoms with E-state index < -0.39 is 0 Å². The monoisotopic (exact) mass is 236 g/mol. The van der Waals surface area contributed by atoms with Gasteiger partial charge in [0.05, 0.1) is 8.67 Å². The molecule has 0 saturated heterocycles.